The Hall–Kier alpha value is -2.00. The van der Waals surface area contributed by atoms with E-state index in [1.807, 2.05) is 18.5 Å². The van der Waals surface area contributed by atoms with E-state index < -0.39 is 0 Å². The highest BCUT2D eigenvalue weighted by molar-refractivity contribution is 8.13. The number of thioether (sulfide) groups is 1. The monoisotopic (exact) mass is 260 g/mol. The van der Waals surface area contributed by atoms with Gasteiger partial charge < -0.3 is 5.32 Å². The lowest BCUT2D eigenvalue weighted by atomic mass is 9.99. The molecule has 2 rings (SSSR count). The predicted molar refractivity (Wildman–Crippen MR) is 71.8 cm³/mol. The van der Waals surface area contributed by atoms with Crippen LogP contribution in [0.5, 0.6) is 0 Å². The molecule has 0 saturated carbocycles. The number of aliphatic imine (C=N–C) groups is 1. The van der Waals surface area contributed by atoms with Crippen molar-refractivity contribution in [3.05, 3.63) is 29.3 Å². The lowest BCUT2D eigenvalue weighted by Crippen LogP contribution is -2.31. The molecule has 0 atom stereocenters. The number of nitrogens with zero attached hydrogens (tertiary/aromatic N) is 2. The van der Waals surface area contributed by atoms with E-state index in [1.54, 1.807) is 12.1 Å². The Morgan fingerprint density at radius 3 is 3.17 bits per heavy atom. The molecule has 0 spiro atoms. The maximum absolute atomic E-state index is 11.7. The summed E-state index contributed by atoms with van der Waals surface area (Å²) < 4.78 is 0. The summed E-state index contributed by atoms with van der Waals surface area (Å²) in [7, 11) is 0. The van der Waals surface area contributed by atoms with Crippen LogP contribution >= 0.6 is 11.8 Å². The standard InChI is InChI=1S/C12H12N4OS/c1-18-12(15-7-13)16-10-4-2-3-9-8(10)5-6-14-11(9)17/h2-4H,5-6H2,1H3,(H,14,17)(H,15,16). The van der Waals surface area contributed by atoms with Crippen molar-refractivity contribution in [1.82, 2.24) is 10.6 Å². The third-order valence-corrected chi connectivity index (χ3v) is 3.21. The average Bonchev–Trinajstić information content (AvgIpc) is 2.39. The first-order valence-corrected chi connectivity index (χ1v) is 6.66. The molecule has 92 valence electrons. The van der Waals surface area contributed by atoms with Crippen molar-refractivity contribution in [2.45, 2.75) is 6.42 Å². The number of amides is 1. The van der Waals surface area contributed by atoms with Crippen LogP contribution in [0.15, 0.2) is 23.2 Å². The molecular weight excluding hydrogens is 248 g/mol. The molecule has 1 aliphatic heterocycles. The minimum absolute atomic E-state index is 0.0627. The molecule has 18 heavy (non-hydrogen) atoms. The first kappa shape index (κ1) is 12.5. The Bertz CT molecular complexity index is 547. The van der Waals surface area contributed by atoms with Crippen molar-refractivity contribution in [2.75, 3.05) is 12.8 Å². The highest BCUT2D eigenvalue weighted by atomic mass is 32.2. The first-order valence-electron chi connectivity index (χ1n) is 5.44. The number of nitriles is 1. The summed E-state index contributed by atoms with van der Waals surface area (Å²) in [6.45, 7) is 0.624. The molecule has 0 saturated heterocycles. The van der Waals surface area contributed by atoms with E-state index in [0.717, 1.165) is 17.7 Å². The number of carbonyl (C=O) groups excluding carboxylic acids is 1. The van der Waals surface area contributed by atoms with Crippen molar-refractivity contribution in [1.29, 1.82) is 5.26 Å². The van der Waals surface area contributed by atoms with Crippen molar-refractivity contribution < 1.29 is 4.79 Å². The van der Waals surface area contributed by atoms with Crippen LogP contribution in [0.1, 0.15) is 15.9 Å². The van der Waals surface area contributed by atoms with Crippen LogP contribution in [-0.2, 0) is 6.42 Å². The Labute approximate surface area is 109 Å². The zero-order valence-electron chi connectivity index (χ0n) is 9.86. The largest absolute Gasteiger partial charge is 0.352 e. The molecule has 0 bridgehead atoms. The van der Waals surface area contributed by atoms with Crippen LogP contribution in [0.25, 0.3) is 0 Å². The van der Waals surface area contributed by atoms with Crippen molar-refractivity contribution >= 4 is 28.5 Å². The molecule has 1 amide bonds. The molecule has 1 heterocycles. The SMILES string of the molecule is CSC(=Nc1cccc2c1CCNC2=O)NC#N. The molecule has 0 aliphatic carbocycles. The number of hydrogen-bond donors (Lipinski definition) is 2. The summed E-state index contributed by atoms with van der Waals surface area (Å²) in [4.78, 5) is 16.1. The van der Waals surface area contributed by atoms with Gasteiger partial charge in [0.05, 0.1) is 5.69 Å². The van der Waals surface area contributed by atoms with E-state index in [-0.39, 0.29) is 5.91 Å². The van der Waals surface area contributed by atoms with Gasteiger partial charge in [-0.2, -0.15) is 5.26 Å². The van der Waals surface area contributed by atoms with Gasteiger partial charge in [0.1, 0.15) is 0 Å². The molecule has 6 heteroatoms. The number of rotatable bonds is 1. The highest BCUT2D eigenvalue weighted by Crippen LogP contribution is 2.26. The lowest BCUT2D eigenvalue weighted by Gasteiger charge is -2.17. The Morgan fingerprint density at radius 1 is 1.61 bits per heavy atom. The number of hydrogen-bond acceptors (Lipinski definition) is 4. The second-order valence-electron chi connectivity index (χ2n) is 3.67. The number of benzene rings is 1. The van der Waals surface area contributed by atoms with Crippen molar-refractivity contribution in [3.8, 4) is 6.19 Å². The second kappa shape index (κ2) is 5.56. The van der Waals surface area contributed by atoms with Crippen molar-refractivity contribution in [2.24, 2.45) is 4.99 Å². The zero-order valence-corrected chi connectivity index (χ0v) is 10.7. The lowest BCUT2D eigenvalue weighted by molar-refractivity contribution is 0.0946. The molecule has 1 aromatic rings. The van der Waals surface area contributed by atoms with E-state index in [9.17, 15) is 4.79 Å². The van der Waals surface area contributed by atoms with Gasteiger partial charge in [-0.15, -0.1) is 0 Å². The summed E-state index contributed by atoms with van der Waals surface area (Å²) in [5.74, 6) is -0.0627. The fourth-order valence-electron chi connectivity index (χ4n) is 1.83. The number of nitrogens with one attached hydrogen (secondary N) is 2. The van der Waals surface area contributed by atoms with E-state index >= 15 is 0 Å². The maximum atomic E-state index is 11.7. The summed E-state index contributed by atoms with van der Waals surface area (Å²) >= 11 is 1.36. The zero-order chi connectivity index (χ0) is 13.0. The average molecular weight is 260 g/mol. The van der Waals surface area contributed by atoms with Gasteiger partial charge in [0.15, 0.2) is 11.4 Å². The van der Waals surface area contributed by atoms with Crippen LogP contribution in [-0.4, -0.2) is 23.9 Å². The van der Waals surface area contributed by atoms with E-state index in [0.29, 0.717) is 17.3 Å². The minimum Gasteiger partial charge on any atom is -0.352 e. The fraction of sp³-hybridized carbons (Fsp3) is 0.250. The minimum atomic E-state index is -0.0627. The van der Waals surface area contributed by atoms with Crippen LogP contribution in [0, 0.1) is 11.5 Å². The topological polar surface area (TPSA) is 77.3 Å². The van der Waals surface area contributed by atoms with Gasteiger partial charge in [0.25, 0.3) is 5.91 Å². The molecule has 2 N–H and O–H groups in total. The second-order valence-corrected chi connectivity index (χ2v) is 4.46. The molecule has 0 unspecified atom stereocenters. The van der Waals surface area contributed by atoms with Gasteiger partial charge in [-0.05, 0) is 30.4 Å². The Balaban J connectivity index is 2.43. The molecule has 1 aromatic carbocycles. The van der Waals surface area contributed by atoms with Gasteiger partial charge in [-0.1, -0.05) is 17.8 Å². The predicted octanol–water partition coefficient (Wildman–Crippen LogP) is 1.39. The van der Waals surface area contributed by atoms with Gasteiger partial charge in [0, 0.05) is 12.1 Å². The third-order valence-electron chi connectivity index (χ3n) is 2.63. The molecule has 0 fully saturated rings. The Morgan fingerprint density at radius 2 is 2.44 bits per heavy atom. The van der Waals surface area contributed by atoms with Crippen LogP contribution in [0.2, 0.25) is 0 Å². The van der Waals surface area contributed by atoms with E-state index in [1.165, 1.54) is 11.8 Å². The first-order chi connectivity index (χ1) is 8.76. The van der Waals surface area contributed by atoms with Gasteiger partial charge in [-0.25, -0.2) is 4.99 Å². The van der Waals surface area contributed by atoms with Gasteiger partial charge in [-0.3, -0.25) is 10.1 Å². The summed E-state index contributed by atoms with van der Waals surface area (Å²) in [6.07, 6.45) is 4.44. The highest BCUT2D eigenvalue weighted by Gasteiger charge is 2.18. The molecule has 5 nitrogen and oxygen atoms in total. The van der Waals surface area contributed by atoms with Crippen LogP contribution in [0.3, 0.4) is 0 Å². The molecule has 0 radical (unpaired) electrons. The van der Waals surface area contributed by atoms with Crippen molar-refractivity contribution in [3.63, 3.8) is 0 Å². The van der Waals surface area contributed by atoms with Gasteiger partial charge in [0.2, 0.25) is 0 Å². The smallest absolute Gasteiger partial charge is 0.251 e. The summed E-state index contributed by atoms with van der Waals surface area (Å²) in [5, 5.41) is 14.4. The fourth-order valence-corrected chi connectivity index (χ4v) is 2.17. The Kier molecular flexibility index (Phi) is 3.85. The number of fused-ring (bicyclic) bond motifs is 1. The number of carbonyl (C=O) groups is 1. The summed E-state index contributed by atoms with van der Waals surface area (Å²) in [5.41, 5.74) is 2.35. The van der Waals surface area contributed by atoms with E-state index in [4.69, 9.17) is 5.26 Å². The quantitative estimate of drug-likeness (QED) is 0.346. The molecule has 0 aromatic heterocycles. The normalized spacial score (nSPS) is 14.4. The third kappa shape index (κ3) is 2.46. The summed E-state index contributed by atoms with van der Waals surface area (Å²) in [6, 6.07) is 5.44. The van der Waals surface area contributed by atoms with Crippen LogP contribution in [0.4, 0.5) is 5.69 Å². The van der Waals surface area contributed by atoms with Crippen LogP contribution < -0.4 is 10.6 Å². The maximum Gasteiger partial charge on any atom is 0.251 e. The molecular formula is C12H12N4OS. The number of amidine groups is 1. The van der Waals surface area contributed by atoms with Gasteiger partial charge >= 0.3 is 0 Å². The van der Waals surface area contributed by atoms with E-state index in [2.05, 4.69) is 15.6 Å². The molecule has 1 aliphatic rings.